The Kier molecular flexibility index (Phi) is 7.00. The molecule has 0 spiro atoms. The molecule has 1 heterocycles. The summed E-state index contributed by atoms with van der Waals surface area (Å²) >= 11 is 1.42. The molecule has 2 fully saturated rings. The van der Waals surface area contributed by atoms with Crippen LogP contribution in [0.4, 0.5) is 0 Å². The molecule has 0 saturated heterocycles. The Balaban J connectivity index is 1.31. The monoisotopic (exact) mass is 427 g/mol. The summed E-state index contributed by atoms with van der Waals surface area (Å²) in [4.78, 5) is 29.8. The minimum absolute atomic E-state index is 0.00956. The molecule has 2 saturated carbocycles. The van der Waals surface area contributed by atoms with Crippen LogP contribution in [0.25, 0.3) is 0 Å². The molecule has 0 radical (unpaired) electrons. The van der Waals surface area contributed by atoms with Crippen LogP contribution in [-0.4, -0.2) is 28.9 Å². The van der Waals surface area contributed by atoms with Crippen molar-refractivity contribution in [1.82, 2.24) is 15.6 Å². The van der Waals surface area contributed by atoms with E-state index in [1.54, 1.807) is 5.38 Å². The molecule has 160 valence electrons. The summed E-state index contributed by atoms with van der Waals surface area (Å²) in [5.41, 5.74) is 0.415. The van der Waals surface area contributed by atoms with Crippen LogP contribution in [0.1, 0.15) is 66.9 Å². The Morgan fingerprint density at radius 3 is 2.37 bits per heavy atom. The number of benzene rings is 1. The summed E-state index contributed by atoms with van der Waals surface area (Å²) in [6.45, 7) is 0.339. The lowest BCUT2D eigenvalue weighted by Crippen LogP contribution is -2.54. The van der Waals surface area contributed by atoms with Crippen molar-refractivity contribution in [3.05, 3.63) is 46.4 Å². The highest BCUT2D eigenvalue weighted by Crippen LogP contribution is 2.26. The van der Waals surface area contributed by atoms with Gasteiger partial charge < -0.3 is 15.4 Å². The van der Waals surface area contributed by atoms with E-state index in [1.807, 2.05) is 30.3 Å². The molecular formula is C23H29N3O3S. The third kappa shape index (κ3) is 5.39. The molecule has 4 rings (SSSR count). The van der Waals surface area contributed by atoms with Crippen LogP contribution in [0.3, 0.4) is 0 Å². The second-order valence-electron chi connectivity index (χ2n) is 8.19. The fourth-order valence-corrected chi connectivity index (χ4v) is 5.04. The summed E-state index contributed by atoms with van der Waals surface area (Å²) in [5.74, 6) is 0.910. The maximum Gasteiger partial charge on any atom is 0.271 e. The van der Waals surface area contributed by atoms with Gasteiger partial charge in [-0.3, -0.25) is 9.59 Å². The number of nitrogens with zero attached hydrogens (tertiary/aromatic N) is 1. The predicted molar refractivity (Wildman–Crippen MR) is 116 cm³/mol. The standard InChI is InChI=1S/C23H29N3O3S/c27-22(16-8-4-5-9-16)25-18-12-6-7-13-19(18)26-23(28)20-15-30-21(24-20)14-29-17-10-2-1-3-11-17/h1-3,10-11,15-16,18-19H,4-9,12-14H2,(H,25,27)(H,26,28)/t18-,19-/m0/s1. The van der Waals surface area contributed by atoms with Gasteiger partial charge >= 0.3 is 0 Å². The molecule has 0 aliphatic heterocycles. The van der Waals surface area contributed by atoms with Crippen LogP contribution in [0.5, 0.6) is 5.75 Å². The van der Waals surface area contributed by atoms with E-state index in [-0.39, 0.29) is 29.8 Å². The average Bonchev–Trinajstić information content (AvgIpc) is 3.47. The third-order valence-electron chi connectivity index (χ3n) is 6.03. The van der Waals surface area contributed by atoms with E-state index < -0.39 is 0 Å². The van der Waals surface area contributed by atoms with E-state index in [2.05, 4.69) is 15.6 Å². The second-order valence-corrected chi connectivity index (χ2v) is 9.13. The zero-order valence-corrected chi connectivity index (χ0v) is 18.0. The first-order valence-electron chi connectivity index (χ1n) is 10.9. The van der Waals surface area contributed by atoms with Crippen LogP contribution >= 0.6 is 11.3 Å². The number of nitrogens with one attached hydrogen (secondary N) is 2. The van der Waals surface area contributed by atoms with Crippen molar-refractivity contribution in [2.75, 3.05) is 0 Å². The number of hydrogen-bond acceptors (Lipinski definition) is 5. The van der Waals surface area contributed by atoms with Crippen molar-refractivity contribution < 1.29 is 14.3 Å². The Labute approximate surface area is 181 Å². The summed E-state index contributed by atoms with van der Waals surface area (Å²) < 4.78 is 5.71. The van der Waals surface area contributed by atoms with Crippen LogP contribution < -0.4 is 15.4 Å². The van der Waals surface area contributed by atoms with Crippen molar-refractivity contribution >= 4 is 23.2 Å². The quantitative estimate of drug-likeness (QED) is 0.698. The fourth-order valence-electron chi connectivity index (χ4n) is 4.35. The molecule has 2 atom stereocenters. The van der Waals surface area contributed by atoms with Crippen LogP contribution in [0.2, 0.25) is 0 Å². The van der Waals surface area contributed by atoms with E-state index >= 15 is 0 Å². The van der Waals surface area contributed by atoms with Gasteiger partial charge in [0.25, 0.3) is 5.91 Å². The number of thiazole rings is 1. The lowest BCUT2D eigenvalue weighted by atomic mass is 9.89. The number of carbonyl (C=O) groups is 2. The number of hydrogen-bond donors (Lipinski definition) is 2. The summed E-state index contributed by atoms with van der Waals surface area (Å²) in [5, 5.41) is 8.87. The van der Waals surface area contributed by atoms with Gasteiger partial charge in [-0.25, -0.2) is 4.98 Å². The van der Waals surface area contributed by atoms with Crippen molar-refractivity contribution in [2.45, 2.75) is 70.1 Å². The van der Waals surface area contributed by atoms with Crippen molar-refractivity contribution in [3.63, 3.8) is 0 Å². The predicted octanol–water partition coefficient (Wildman–Crippen LogP) is 4.07. The molecule has 30 heavy (non-hydrogen) atoms. The molecule has 0 unspecified atom stereocenters. The largest absolute Gasteiger partial charge is 0.486 e. The van der Waals surface area contributed by atoms with Gasteiger partial charge in [-0.2, -0.15) is 0 Å². The molecular weight excluding hydrogens is 398 g/mol. The molecule has 6 nitrogen and oxygen atoms in total. The minimum atomic E-state index is -0.177. The zero-order valence-electron chi connectivity index (χ0n) is 17.1. The van der Waals surface area contributed by atoms with Gasteiger partial charge in [-0.05, 0) is 37.8 Å². The topological polar surface area (TPSA) is 80.3 Å². The number of rotatable bonds is 7. The highest BCUT2D eigenvalue weighted by atomic mass is 32.1. The van der Waals surface area contributed by atoms with Crippen LogP contribution in [0, 0.1) is 5.92 Å². The van der Waals surface area contributed by atoms with Gasteiger partial charge in [-0.1, -0.05) is 43.9 Å². The number of carbonyl (C=O) groups excluding carboxylic acids is 2. The van der Waals surface area contributed by atoms with E-state index in [9.17, 15) is 9.59 Å². The third-order valence-corrected chi connectivity index (χ3v) is 6.85. The fraction of sp³-hybridized carbons (Fsp3) is 0.522. The normalized spacial score (nSPS) is 21.9. The van der Waals surface area contributed by atoms with Gasteiger partial charge in [0, 0.05) is 23.4 Å². The smallest absolute Gasteiger partial charge is 0.271 e. The molecule has 1 aromatic carbocycles. The maximum absolute atomic E-state index is 12.8. The van der Waals surface area contributed by atoms with E-state index in [0.717, 1.165) is 62.1 Å². The van der Waals surface area contributed by atoms with Gasteiger partial charge in [0.2, 0.25) is 5.91 Å². The van der Waals surface area contributed by atoms with Gasteiger partial charge in [0.15, 0.2) is 0 Å². The summed E-state index contributed by atoms with van der Waals surface area (Å²) in [7, 11) is 0. The lowest BCUT2D eigenvalue weighted by Gasteiger charge is -2.33. The second kappa shape index (κ2) is 10.1. The SMILES string of the molecule is O=C(N[C@H]1CCCC[C@@H]1NC(=O)C1CCCC1)c1csc(COc2ccccc2)n1. The molecule has 0 bridgehead atoms. The maximum atomic E-state index is 12.8. The Morgan fingerprint density at radius 1 is 0.967 bits per heavy atom. The van der Waals surface area contributed by atoms with Crippen molar-refractivity contribution in [3.8, 4) is 5.75 Å². The number of para-hydroxylation sites is 1. The van der Waals surface area contributed by atoms with Gasteiger partial charge in [0.1, 0.15) is 23.1 Å². The number of aromatic nitrogens is 1. The van der Waals surface area contributed by atoms with Crippen molar-refractivity contribution in [2.24, 2.45) is 5.92 Å². The Bertz CT molecular complexity index is 848. The molecule has 2 N–H and O–H groups in total. The summed E-state index contributed by atoms with van der Waals surface area (Å²) in [6.07, 6.45) is 8.20. The highest BCUT2D eigenvalue weighted by Gasteiger charge is 2.31. The Morgan fingerprint density at radius 2 is 1.63 bits per heavy atom. The first kappa shape index (κ1) is 20.8. The molecule has 2 amide bonds. The highest BCUT2D eigenvalue weighted by molar-refractivity contribution is 7.09. The lowest BCUT2D eigenvalue weighted by molar-refractivity contribution is -0.125. The first-order valence-corrected chi connectivity index (χ1v) is 11.8. The number of ether oxygens (including phenoxy) is 1. The molecule has 2 aromatic rings. The molecule has 2 aliphatic carbocycles. The van der Waals surface area contributed by atoms with Gasteiger partial charge in [-0.15, -0.1) is 11.3 Å². The van der Waals surface area contributed by atoms with Crippen molar-refractivity contribution in [1.29, 1.82) is 0 Å². The van der Waals surface area contributed by atoms with E-state index in [4.69, 9.17) is 4.74 Å². The van der Waals surface area contributed by atoms with Gasteiger partial charge in [0.05, 0.1) is 0 Å². The van der Waals surface area contributed by atoms with Crippen LogP contribution in [-0.2, 0) is 11.4 Å². The van der Waals surface area contributed by atoms with E-state index in [1.165, 1.54) is 11.3 Å². The molecule has 1 aromatic heterocycles. The average molecular weight is 428 g/mol. The molecule has 7 heteroatoms. The zero-order chi connectivity index (χ0) is 20.8. The number of amides is 2. The first-order chi connectivity index (χ1) is 14.7. The van der Waals surface area contributed by atoms with Crippen LogP contribution in [0.15, 0.2) is 35.7 Å². The van der Waals surface area contributed by atoms with E-state index in [0.29, 0.717) is 12.3 Å². The minimum Gasteiger partial charge on any atom is -0.486 e. The Hall–Kier alpha value is -2.41. The molecule has 2 aliphatic rings. The summed E-state index contributed by atoms with van der Waals surface area (Å²) in [6, 6.07) is 9.53.